The molecule has 0 aliphatic carbocycles. The monoisotopic (exact) mass is 317 g/mol. The van der Waals surface area contributed by atoms with Gasteiger partial charge in [0.1, 0.15) is 22.5 Å². The van der Waals surface area contributed by atoms with Crippen LogP contribution >= 0.6 is 11.3 Å². The van der Waals surface area contributed by atoms with Gasteiger partial charge >= 0.3 is 5.97 Å². The molecular formula is C15H15N3O3S. The average Bonchev–Trinajstić information content (AvgIpc) is 2.95. The molecule has 114 valence electrons. The van der Waals surface area contributed by atoms with Crippen molar-refractivity contribution in [2.45, 2.75) is 26.2 Å². The molecule has 0 radical (unpaired) electrons. The van der Waals surface area contributed by atoms with Crippen molar-refractivity contribution in [2.24, 2.45) is 0 Å². The molecule has 0 aromatic carbocycles. The molecular weight excluding hydrogens is 302 g/mol. The molecule has 6 nitrogen and oxygen atoms in total. The SMILES string of the molecule is CCCCOC(=O)Cc1csc(-c2ncc(C#N)cc2O)n1. The lowest BCUT2D eigenvalue weighted by atomic mass is 10.2. The van der Waals surface area contributed by atoms with E-state index in [0.29, 0.717) is 23.0 Å². The number of hydrogen-bond acceptors (Lipinski definition) is 7. The molecule has 1 N–H and O–H groups in total. The van der Waals surface area contributed by atoms with Crippen LogP contribution in [-0.4, -0.2) is 27.7 Å². The summed E-state index contributed by atoms with van der Waals surface area (Å²) in [6, 6.07) is 3.24. The maximum atomic E-state index is 11.6. The van der Waals surface area contributed by atoms with Crippen LogP contribution in [0.3, 0.4) is 0 Å². The van der Waals surface area contributed by atoms with Crippen molar-refractivity contribution in [3.05, 3.63) is 28.9 Å². The van der Waals surface area contributed by atoms with Crippen molar-refractivity contribution >= 4 is 17.3 Å². The van der Waals surface area contributed by atoms with Crippen molar-refractivity contribution in [1.82, 2.24) is 9.97 Å². The Morgan fingerprint density at radius 3 is 3.05 bits per heavy atom. The van der Waals surface area contributed by atoms with E-state index in [2.05, 4.69) is 9.97 Å². The van der Waals surface area contributed by atoms with Crippen molar-refractivity contribution < 1.29 is 14.6 Å². The molecule has 2 aromatic rings. The first-order valence-corrected chi connectivity index (χ1v) is 7.71. The second-order valence-electron chi connectivity index (χ2n) is 4.60. The lowest BCUT2D eigenvalue weighted by molar-refractivity contribution is -0.142. The van der Waals surface area contributed by atoms with Gasteiger partial charge in [0.15, 0.2) is 0 Å². The Kier molecular flexibility index (Phi) is 5.44. The zero-order valence-electron chi connectivity index (χ0n) is 12.1. The first-order chi connectivity index (χ1) is 10.6. The third-order valence-corrected chi connectivity index (χ3v) is 3.74. The van der Waals surface area contributed by atoms with E-state index in [0.717, 1.165) is 12.8 Å². The van der Waals surface area contributed by atoms with E-state index in [1.54, 1.807) is 5.38 Å². The van der Waals surface area contributed by atoms with Crippen molar-refractivity contribution in [3.8, 4) is 22.5 Å². The molecule has 0 saturated heterocycles. The molecule has 0 bridgehead atoms. The van der Waals surface area contributed by atoms with Crippen LogP contribution in [0.15, 0.2) is 17.6 Å². The highest BCUT2D eigenvalue weighted by molar-refractivity contribution is 7.13. The number of ether oxygens (including phenoxy) is 1. The second-order valence-corrected chi connectivity index (χ2v) is 5.46. The number of rotatable bonds is 6. The molecule has 22 heavy (non-hydrogen) atoms. The third-order valence-electron chi connectivity index (χ3n) is 2.84. The van der Waals surface area contributed by atoms with Gasteiger partial charge in [-0.1, -0.05) is 13.3 Å². The molecule has 0 aliphatic rings. The Bertz CT molecular complexity index is 706. The number of carbonyl (C=O) groups excluding carboxylic acids is 1. The van der Waals surface area contributed by atoms with Crippen LogP contribution < -0.4 is 0 Å². The fourth-order valence-electron chi connectivity index (χ4n) is 1.71. The fourth-order valence-corrected chi connectivity index (χ4v) is 2.53. The van der Waals surface area contributed by atoms with Crippen molar-refractivity contribution in [3.63, 3.8) is 0 Å². The highest BCUT2D eigenvalue weighted by Crippen LogP contribution is 2.30. The number of nitriles is 1. The summed E-state index contributed by atoms with van der Waals surface area (Å²) in [7, 11) is 0. The summed E-state index contributed by atoms with van der Waals surface area (Å²) in [5.41, 5.74) is 1.15. The Morgan fingerprint density at radius 1 is 1.55 bits per heavy atom. The molecule has 0 amide bonds. The Hall–Kier alpha value is -2.46. The minimum Gasteiger partial charge on any atom is -0.506 e. The predicted molar refractivity (Wildman–Crippen MR) is 81.3 cm³/mol. The topological polar surface area (TPSA) is 96.1 Å². The third kappa shape index (κ3) is 4.02. The smallest absolute Gasteiger partial charge is 0.311 e. The zero-order chi connectivity index (χ0) is 15.9. The van der Waals surface area contributed by atoms with E-state index < -0.39 is 0 Å². The van der Waals surface area contributed by atoms with E-state index in [-0.39, 0.29) is 23.7 Å². The lowest BCUT2D eigenvalue weighted by Gasteiger charge is -2.02. The van der Waals surface area contributed by atoms with Gasteiger partial charge in [-0.15, -0.1) is 11.3 Å². The number of pyridine rings is 1. The quantitative estimate of drug-likeness (QED) is 0.650. The number of hydrogen-bond donors (Lipinski definition) is 1. The van der Waals surface area contributed by atoms with Gasteiger partial charge in [-0.2, -0.15) is 5.26 Å². The highest BCUT2D eigenvalue weighted by atomic mass is 32.1. The van der Waals surface area contributed by atoms with Gasteiger partial charge in [0.2, 0.25) is 0 Å². The number of aromatic hydroxyl groups is 1. The molecule has 0 fully saturated rings. The predicted octanol–water partition coefficient (Wildman–Crippen LogP) is 2.67. The van der Waals surface area contributed by atoms with Crippen LogP contribution in [0, 0.1) is 11.3 Å². The number of thiazole rings is 1. The van der Waals surface area contributed by atoms with Crippen LogP contribution in [0.5, 0.6) is 5.75 Å². The number of carbonyl (C=O) groups is 1. The largest absolute Gasteiger partial charge is 0.506 e. The second kappa shape index (κ2) is 7.52. The summed E-state index contributed by atoms with van der Waals surface area (Å²) in [6.45, 7) is 2.45. The van der Waals surface area contributed by atoms with E-state index in [1.807, 2.05) is 13.0 Å². The summed E-state index contributed by atoms with van der Waals surface area (Å²) < 4.78 is 5.08. The summed E-state index contributed by atoms with van der Waals surface area (Å²) >= 11 is 1.28. The van der Waals surface area contributed by atoms with Crippen LogP contribution in [-0.2, 0) is 16.0 Å². The minimum absolute atomic E-state index is 0.0945. The van der Waals surface area contributed by atoms with Gasteiger partial charge in [-0.3, -0.25) is 4.79 Å². The molecule has 0 saturated carbocycles. The standard InChI is InChI=1S/C15H15N3O3S/c1-2-3-4-21-13(20)6-11-9-22-15(18-11)14-12(19)5-10(7-16)8-17-14/h5,8-9,19H,2-4,6H2,1H3. The molecule has 0 spiro atoms. The summed E-state index contributed by atoms with van der Waals surface area (Å²) in [5.74, 6) is -0.423. The van der Waals surface area contributed by atoms with E-state index in [4.69, 9.17) is 10.00 Å². The summed E-state index contributed by atoms with van der Waals surface area (Å²) in [6.07, 6.45) is 3.28. The van der Waals surface area contributed by atoms with Crippen LogP contribution in [0.25, 0.3) is 10.7 Å². The van der Waals surface area contributed by atoms with E-state index >= 15 is 0 Å². The van der Waals surface area contributed by atoms with Crippen LogP contribution in [0.1, 0.15) is 31.0 Å². The average molecular weight is 317 g/mol. The summed E-state index contributed by atoms with van der Waals surface area (Å²) in [4.78, 5) is 19.9. The maximum Gasteiger partial charge on any atom is 0.311 e. The van der Waals surface area contributed by atoms with Gasteiger partial charge in [0.25, 0.3) is 0 Å². The highest BCUT2D eigenvalue weighted by Gasteiger charge is 2.14. The van der Waals surface area contributed by atoms with E-state index in [1.165, 1.54) is 23.6 Å². The minimum atomic E-state index is -0.317. The molecule has 0 unspecified atom stereocenters. The van der Waals surface area contributed by atoms with Gasteiger partial charge in [-0.05, 0) is 6.42 Å². The first kappa shape index (κ1) is 15.9. The molecule has 2 aromatic heterocycles. The van der Waals surface area contributed by atoms with Crippen LogP contribution in [0.2, 0.25) is 0 Å². The Balaban J connectivity index is 2.05. The van der Waals surface area contributed by atoms with Crippen molar-refractivity contribution in [2.75, 3.05) is 6.61 Å². The molecule has 0 aliphatic heterocycles. The van der Waals surface area contributed by atoms with Crippen LogP contribution in [0.4, 0.5) is 0 Å². The number of esters is 1. The van der Waals surface area contributed by atoms with Gasteiger partial charge < -0.3 is 9.84 Å². The van der Waals surface area contributed by atoms with Gasteiger partial charge in [0, 0.05) is 17.6 Å². The number of nitrogens with zero attached hydrogens (tertiary/aromatic N) is 3. The lowest BCUT2D eigenvalue weighted by Crippen LogP contribution is -2.09. The summed E-state index contributed by atoms with van der Waals surface area (Å²) in [5, 5.41) is 20.9. The number of unbranched alkanes of at least 4 members (excludes halogenated alkanes) is 1. The number of aromatic nitrogens is 2. The van der Waals surface area contributed by atoms with E-state index in [9.17, 15) is 9.90 Å². The molecule has 2 rings (SSSR count). The maximum absolute atomic E-state index is 11.6. The zero-order valence-corrected chi connectivity index (χ0v) is 12.9. The molecule has 7 heteroatoms. The van der Waals surface area contributed by atoms with Crippen molar-refractivity contribution in [1.29, 1.82) is 5.26 Å². The Labute approximate surface area is 132 Å². The Morgan fingerprint density at radius 2 is 2.36 bits per heavy atom. The fraction of sp³-hybridized carbons (Fsp3) is 0.333. The van der Waals surface area contributed by atoms with Gasteiger partial charge in [-0.25, -0.2) is 9.97 Å². The molecule has 2 heterocycles. The molecule has 0 atom stereocenters. The first-order valence-electron chi connectivity index (χ1n) is 6.83. The van der Waals surface area contributed by atoms with Gasteiger partial charge in [0.05, 0.1) is 24.3 Å². The normalized spacial score (nSPS) is 10.2.